The zero-order chi connectivity index (χ0) is 17.5. The number of methoxy groups -OCH3 is 1. The first-order valence-electron chi connectivity index (χ1n) is 6.42. The van der Waals surface area contributed by atoms with Gasteiger partial charge in [-0.15, -0.1) is 6.42 Å². The standard InChI is InChI=1S/C14H12IN5O4/c1-3-4-23-12-9(15)5-8(6-10(12)22-2)7-17-18-14(21)11-13(16)20-24-19-11/h1,5-7H,4H2,2H3,(H2,16,20)(H,18,21). The second kappa shape index (κ2) is 8.16. The molecule has 0 radical (unpaired) electrons. The van der Waals surface area contributed by atoms with Crippen molar-refractivity contribution in [1.29, 1.82) is 0 Å². The van der Waals surface area contributed by atoms with Gasteiger partial charge in [-0.1, -0.05) is 5.92 Å². The van der Waals surface area contributed by atoms with Crippen molar-refractivity contribution in [1.82, 2.24) is 15.7 Å². The molecule has 0 aliphatic rings. The molecule has 1 amide bonds. The lowest BCUT2D eigenvalue weighted by molar-refractivity contribution is 0.0946. The average Bonchev–Trinajstić information content (AvgIpc) is 2.99. The number of halogens is 1. The molecule has 24 heavy (non-hydrogen) atoms. The molecular weight excluding hydrogens is 429 g/mol. The third kappa shape index (κ3) is 4.13. The Labute approximate surface area is 150 Å². The number of hydrogen-bond acceptors (Lipinski definition) is 8. The fourth-order valence-electron chi connectivity index (χ4n) is 1.64. The number of hydrazone groups is 1. The molecule has 3 N–H and O–H groups in total. The van der Waals surface area contributed by atoms with Gasteiger partial charge in [0, 0.05) is 0 Å². The summed E-state index contributed by atoms with van der Waals surface area (Å²) in [7, 11) is 1.51. The van der Waals surface area contributed by atoms with Crippen molar-refractivity contribution < 1.29 is 18.9 Å². The molecule has 2 aromatic rings. The van der Waals surface area contributed by atoms with Crippen LogP contribution in [0.2, 0.25) is 0 Å². The quantitative estimate of drug-likeness (QED) is 0.297. The molecule has 0 spiro atoms. The maximum atomic E-state index is 11.7. The minimum Gasteiger partial charge on any atom is -0.493 e. The van der Waals surface area contributed by atoms with E-state index in [0.717, 1.165) is 3.57 Å². The van der Waals surface area contributed by atoms with Crippen molar-refractivity contribution in [3.63, 3.8) is 0 Å². The van der Waals surface area contributed by atoms with E-state index in [1.807, 2.05) is 0 Å². The molecule has 0 saturated carbocycles. The molecule has 0 bridgehead atoms. The molecule has 0 aliphatic heterocycles. The number of anilines is 1. The number of nitrogen functional groups attached to an aromatic ring is 1. The first kappa shape index (κ1) is 17.5. The summed E-state index contributed by atoms with van der Waals surface area (Å²) in [5.41, 5.74) is 8.22. The van der Waals surface area contributed by atoms with Crippen molar-refractivity contribution in [3.05, 3.63) is 27.0 Å². The number of terminal acetylenes is 1. The zero-order valence-electron chi connectivity index (χ0n) is 12.4. The normalized spacial score (nSPS) is 10.4. The Morgan fingerprint density at radius 2 is 2.38 bits per heavy atom. The van der Waals surface area contributed by atoms with Crippen LogP contribution >= 0.6 is 22.6 Å². The highest BCUT2D eigenvalue weighted by molar-refractivity contribution is 14.1. The van der Waals surface area contributed by atoms with Crippen LogP contribution < -0.4 is 20.6 Å². The molecule has 10 heteroatoms. The predicted molar refractivity (Wildman–Crippen MR) is 93.8 cm³/mol. The lowest BCUT2D eigenvalue weighted by Gasteiger charge is -2.11. The molecule has 9 nitrogen and oxygen atoms in total. The van der Waals surface area contributed by atoms with Crippen molar-refractivity contribution in [3.8, 4) is 23.8 Å². The Morgan fingerprint density at radius 1 is 1.58 bits per heavy atom. The van der Waals surface area contributed by atoms with Gasteiger partial charge in [0.05, 0.1) is 16.9 Å². The molecule has 0 fully saturated rings. The second-order valence-corrected chi connectivity index (χ2v) is 5.39. The summed E-state index contributed by atoms with van der Waals surface area (Å²) in [6.45, 7) is 0.128. The SMILES string of the molecule is C#CCOc1c(I)cc(C=NNC(=O)c2nonc2N)cc1OC. The molecule has 1 aromatic heterocycles. The zero-order valence-corrected chi connectivity index (χ0v) is 14.6. The van der Waals surface area contributed by atoms with Crippen LogP contribution in [0.15, 0.2) is 21.9 Å². The Bertz CT molecular complexity index is 812. The van der Waals surface area contributed by atoms with Gasteiger partial charge in [0.25, 0.3) is 5.91 Å². The first-order chi connectivity index (χ1) is 11.6. The van der Waals surface area contributed by atoms with E-state index in [9.17, 15) is 4.79 Å². The fraction of sp³-hybridized carbons (Fsp3) is 0.143. The van der Waals surface area contributed by atoms with Gasteiger partial charge in [0.15, 0.2) is 11.5 Å². The minimum atomic E-state index is -0.638. The van der Waals surface area contributed by atoms with E-state index in [0.29, 0.717) is 17.1 Å². The number of carbonyl (C=O) groups excluding carboxylic acids is 1. The van der Waals surface area contributed by atoms with Gasteiger partial charge in [0.1, 0.15) is 6.61 Å². The summed E-state index contributed by atoms with van der Waals surface area (Å²) >= 11 is 2.08. The van der Waals surface area contributed by atoms with Gasteiger partial charge < -0.3 is 15.2 Å². The van der Waals surface area contributed by atoms with Crippen LogP contribution in [0, 0.1) is 15.9 Å². The molecule has 0 atom stereocenters. The van der Waals surface area contributed by atoms with E-state index in [2.05, 4.69) is 54.0 Å². The molecule has 0 aliphatic carbocycles. The fourth-order valence-corrected chi connectivity index (χ4v) is 2.42. The number of aromatic nitrogens is 2. The van der Waals surface area contributed by atoms with Crippen molar-refractivity contribution in [2.24, 2.45) is 5.10 Å². The number of benzene rings is 1. The van der Waals surface area contributed by atoms with Crippen LogP contribution in [-0.4, -0.2) is 36.2 Å². The van der Waals surface area contributed by atoms with E-state index >= 15 is 0 Å². The third-order valence-corrected chi connectivity index (χ3v) is 3.46. The van der Waals surface area contributed by atoms with Crippen LogP contribution in [0.25, 0.3) is 0 Å². The smallest absolute Gasteiger partial charge is 0.297 e. The molecule has 124 valence electrons. The Kier molecular flexibility index (Phi) is 5.96. The maximum absolute atomic E-state index is 11.7. The number of ether oxygens (including phenoxy) is 2. The Balaban J connectivity index is 2.12. The maximum Gasteiger partial charge on any atom is 0.297 e. The number of carbonyl (C=O) groups is 1. The summed E-state index contributed by atoms with van der Waals surface area (Å²) < 4.78 is 15.8. The summed E-state index contributed by atoms with van der Waals surface area (Å²) in [4.78, 5) is 11.7. The second-order valence-electron chi connectivity index (χ2n) is 4.22. The number of hydrogen-bond donors (Lipinski definition) is 2. The number of nitrogens with zero attached hydrogens (tertiary/aromatic N) is 3. The molecule has 2 rings (SSSR count). The summed E-state index contributed by atoms with van der Waals surface area (Å²) in [6.07, 6.45) is 6.62. The van der Waals surface area contributed by atoms with Crippen LogP contribution in [-0.2, 0) is 0 Å². The van der Waals surface area contributed by atoms with Gasteiger partial charge in [-0.05, 0) is 50.6 Å². The molecule has 0 saturated heterocycles. The van der Waals surface area contributed by atoms with Crippen LogP contribution in [0.3, 0.4) is 0 Å². The van der Waals surface area contributed by atoms with Gasteiger partial charge >= 0.3 is 0 Å². The van der Waals surface area contributed by atoms with E-state index in [1.165, 1.54) is 13.3 Å². The number of nitrogens with one attached hydrogen (secondary N) is 1. The van der Waals surface area contributed by atoms with E-state index in [4.69, 9.17) is 21.6 Å². The summed E-state index contributed by atoms with van der Waals surface area (Å²) in [5, 5.41) is 10.5. The molecule has 1 aromatic carbocycles. The molecule has 1 heterocycles. The first-order valence-corrected chi connectivity index (χ1v) is 7.50. The van der Waals surface area contributed by atoms with Gasteiger partial charge in [0.2, 0.25) is 11.5 Å². The van der Waals surface area contributed by atoms with Gasteiger partial charge in [-0.3, -0.25) is 4.79 Å². The number of nitrogens with two attached hydrogens (primary N) is 1. The van der Waals surface area contributed by atoms with Crippen LogP contribution in [0.4, 0.5) is 5.82 Å². The van der Waals surface area contributed by atoms with E-state index in [1.54, 1.807) is 12.1 Å². The average molecular weight is 441 g/mol. The lowest BCUT2D eigenvalue weighted by Crippen LogP contribution is -2.19. The number of amides is 1. The topological polar surface area (TPSA) is 125 Å². The van der Waals surface area contributed by atoms with Crippen LogP contribution in [0.1, 0.15) is 16.1 Å². The van der Waals surface area contributed by atoms with Crippen molar-refractivity contribution in [2.75, 3.05) is 19.5 Å². The highest BCUT2D eigenvalue weighted by Crippen LogP contribution is 2.33. The predicted octanol–water partition coefficient (Wildman–Crippen LogP) is 1.04. The van der Waals surface area contributed by atoms with Gasteiger partial charge in [-0.2, -0.15) is 5.10 Å². The Morgan fingerprint density at radius 3 is 3.00 bits per heavy atom. The Hall–Kier alpha value is -2.81. The van der Waals surface area contributed by atoms with Crippen molar-refractivity contribution in [2.45, 2.75) is 0 Å². The largest absolute Gasteiger partial charge is 0.493 e. The lowest BCUT2D eigenvalue weighted by atomic mass is 10.2. The van der Waals surface area contributed by atoms with E-state index in [-0.39, 0.29) is 18.1 Å². The van der Waals surface area contributed by atoms with Crippen LogP contribution in [0.5, 0.6) is 11.5 Å². The van der Waals surface area contributed by atoms with Crippen molar-refractivity contribution >= 4 is 40.5 Å². The monoisotopic (exact) mass is 441 g/mol. The third-order valence-electron chi connectivity index (χ3n) is 2.66. The summed E-state index contributed by atoms with van der Waals surface area (Å²) in [6, 6.07) is 3.48. The minimum absolute atomic E-state index is 0.117. The number of rotatable bonds is 6. The van der Waals surface area contributed by atoms with E-state index < -0.39 is 5.91 Å². The highest BCUT2D eigenvalue weighted by Gasteiger charge is 2.15. The molecule has 0 unspecified atom stereocenters. The summed E-state index contributed by atoms with van der Waals surface area (Å²) in [5.74, 6) is 2.67. The van der Waals surface area contributed by atoms with Gasteiger partial charge in [-0.25, -0.2) is 10.1 Å². The molecular formula is C14H12IN5O4. The highest BCUT2D eigenvalue weighted by atomic mass is 127.